The van der Waals surface area contributed by atoms with Crippen molar-refractivity contribution in [2.24, 2.45) is 11.8 Å². The summed E-state index contributed by atoms with van der Waals surface area (Å²) in [7, 11) is 1.57. The van der Waals surface area contributed by atoms with Gasteiger partial charge in [0.15, 0.2) is 0 Å². The van der Waals surface area contributed by atoms with E-state index in [1.807, 2.05) is 0 Å². The molecule has 0 radical (unpaired) electrons. The lowest BCUT2D eigenvalue weighted by Crippen LogP contribution is -2.66. The minimum Gasteiger partial charge on any atom is -0.496 e. The van der Waals surface area contributed by atoms with Crippen LogP contribution in [0.25, 0.3) is 0 Å². The molecule has 1 aromatic rings. The minimum atomic E-state index is -0.298. The van der Waals surface area contributed by atoms with Crippen LogP contribution in [-0.4, -0.2) is 60.4 Å². The van der Waals surface area contributed by atoms with Crippen molar-refractivity contribution in [1.82, 2.24) is 15.1 Å². The molecular formula is C22H30FN3O3. The van der Waals surface area contributed by atoms with Crippen LogP contribution in [-0.2, 0) is 16.1 Å². The summed E-state index contributed by atoms with van der Waals surface area (Å²) in [5.41, 5.74) is 0.976. The fourth-order valence-corrected chi connectivity index (χ4v) is 5.60. The van der Waals surface area contributed by atoms with Crippen molar-refractivity contribution >= 4 is 11.8 Å². The highest BCUT2D eigenvalue weighted by Gasteiger charge is 2.49. The highest BCUT2D eigenvalue weighted by atomic mass is 19.1. The number of nitrogens with zero attached hydrogens (tertiary/aromatic N) is 2. The van der Waals surface area contributed by atoms with E-state index in [1.54, 1.807) is 13.2 Å². The first-order valence-corrected chi connectivity index (χ1v) is 10.6. The minimum absolute atomic E-state index is 0.0471. The van der Waals surface area contributed by atoms with Crippen molar-refractivity contribution < 1.29 is 18.7 Å². The summed E-state index contributed by atoms with van der Waals surface area (Å²) in [6.07, 6.45) is 3.69. The molecule has 0 spiro atoms. The first-order chi connectivity index (χ1) is 14.0. The normalized spacial score (nSPS) is 29.3. The highest BCUT2D eigenvalue weighted by molar-refractivity contribution is 5.78. The number of nitrogens with one attached hydrogen (secondary N) is 1. The zero-order chi connectivity index (χ0) is 20.5. The van der Waals surface area contributed by atoms with Crippen molar-refractivity contribution in [2.75, 3.05) is 26.7 Å². The molecule has 0 aromatic heterocycles. The van der Waals surface area contributed by atoms with Gasteiger partial charge in [-0.25, -0.2) is 4.39 Å². The summed E-state index contributed by atoms with van der Waals surface area (Å²) < 4.78 is 18.9. The fourth-order valence-electron chi connectivity index (χ4n) is 5.60. The maximum absolute atomic E-state index is 13.6. The van der Waals surface area contributed by atoms with Gasteiger partial charge in [0.05, 0.1) is 13.2 Å². The van der Waals surface area contributed by atoms with Gasteiger partial charge in [0.2, 0.25) is 11.8 Å². The van der Waals surface area contributed by atoms with E-state index >= 15 is 0 Å². The Hall–Kier alpha value is -2.15. The number of likely N-dealkylation sites (tertiary alicyclic amines) is 1. The summed E-state index contributed by atoms with van der Waals surface area (Å²) >= 11 is 0. The zero-order valence-corrected chi connectivity index (χ0v) is 17.2. The molecule has 3 heterocycles. The standard InChI is InChI=1S/C22H30FN3O3/c1-14(27)24-10-20-17-8-16(19-4-3-5-22(28)26(19)20)12-25(13-17)11-15-6-7-18(23)9-21(15)29-2/h6-7,9,16-17,19-20H,3-5,8,10-13H2,1-2H3,(H,24,27)/t16-,17+,19+,20+/m1/s1. The van der Waals surface area contributed by atoms with Gasteiger partial charge in [0, 0.05) is 57.2 Å². The first-order valence-electron chi connectivity index (χ1n) is 10.6. The zero-order valence-electron chi connectivity index (χ0n) is 17.2. The van der Waals surface area contributed by atoms with Crippen molar-refractivity contribution in [1.29, 1.82) is 0 Å². The second kappa shape index (κ2) is 8.30. The third-order valence-electron chi connectivity index (χ3n) is 6.78. The van der Waals surface area contributed by atoms with E-state index in [4.69, 9.17) is 4.74 Å². The van der Waals surface area contributed by atoms with Gasteiger partial charge in [-0.3, -0.25) is 14.5 Å². The van der Waals surface area contributed by atoms with Gasteiger partial charge in [-0.15, -0.1) is 0 Å². The molecule has 0 aliphatic carbocycles. The number of hydrogen-bond acceptors (Lipinski definition) is 4. The molecule has 29 heavy (non-hydrogen) atoms. The van der Waals surface area contributed by atoms with Gasteiger partial charge >= 0.3 is 0 Å². The Labute approximate surface area is 171 Å². The third-order valence-corrected chi connectivity index (χ3v) is 6.78. The topological polar surface area (TPSA) is 61.9 Å². The number of benzene rings is 1. The predicted octanol–water partition coefficient (Wildman–Crippen LogP) is 2.17. The quantitative estimate of drug-likeness (QED) is 0.819. The second-order valence-electron chi connectivity index (χ2n) is 8.67. The van der Waals surface area contributed by atoms with Crippen LogP contribution in [0, 0.1) is 17.7 Å². The molecule has 6 nitrogen and oxygen atoms in total. The van der Waals surface area contributed by atoms with Gasteiger partial charge in [-0.1, -0.05) is 6.07 Å². The molecule has 3 fully saturated rings. The molecule has 0 unspecified atom stereocenters. The van der Waals surface area contributed by atoms with Gasteiger partial charge < -0.3 is 15.0 Å². The Balaban J connectivity index is 1.55. The molecule has 4 rings (SSSR count). The Kier molecular flexibility index (Phi) is 5.76. The summed E-state index contributed by atoms with van der Waals surface area (Å²) in [5.74, 6) is 1.22. The molecule has 7 heteroatoms. The Bertz CT molecular complexity index is 787. The highest BCUT2D eigenvalue weighted by Crippen LogP contribution is 2.42. The summed E-state index contributed by atoms with van der Waals surface area (Å²) in [4.78, 5) is 28.8. The van der Waals surface area contributed by atoms with Gasteiger partial charge in [0.1, 0.15) is 11.6 Å². The average Bonchev–Trinajstić information content (AvgIpc) is 2.69. The Morgan fingerprint density at radius 1 is 1.31 bits per heavy atom. The molecule has 4 atom stereocenters. The van der Waals surface area contributed by atoms with Crippen LogP contribution >= 0.6 is 0 Å². The summed E-state index contributed by atoms with van der Waals surface area (Å²) in [6, 6.07) is 5.00. The van der Waals surface area contributed by atoms with Crippen molar-refractivity contribution in [2.45, 2.75) is 51.2 Å². The van der Waals surface area contributed by atoms with E-state index in [2.05, 4.69) is 15.1 Å². The lowest BCUT2D eigenvalue weighted by atomic mass is 9.72. The molecule has 2 bridgehead atoms. The lowest BCUT2D eigenvalue weighted by Gasteiger charge is -2.56. The van der Waals surface area contributed by atoms with Crippen LogP contribution in [0.1, 0.15) is 38.2 Å². The van der Waals surface area contributed by atoms with Crippen LogP contribution in [0.15, 0.2) is 18.2 Å². The maximum atomic E-state index is 13.6. The molecular weight excluding hydrogens is 373 g/mol. The summed E-state index contributed by atoms with van der Waals surface area (Å²) in [6.45, 7) is 4.53. The number of fused-ring (bicyclic) bond motifs is 4. The molecule has 1 N–H and O–H groups in total. The number of ether oxygens (including phenoxy) is 1. The van der Waals surface area contributed by atoms with Gasteiger partial charge in [0.25, 0.3) is 0 Å². The van der Waals surface area contributed by atoms with E-state index in [9.17, 15) is 14.0 Å². The number of rotatable bonds is 5. The third kappa shape index (κ3) is 4.10. The molecule has 3 saturated heterocycles. The lowest BCUT2D eigenvalue weighted by molar-refractivity contribution is -0.153. The fraction of sp³-hybridized carbons (Fsp3) is 0.636. The van der Waals surface area contributed by atoms with E-state index in [1.165, 1.54) is 19.1 Å². The number of methoxy groups -OCH3 is 1. The van der Waals surface area contributed by atoms with E-state index < -0.39 is 0 Å². The van der Waals surface area contributed by atoms with Crippen LogP contribution < -0.4 is 10.1 Å². The molecule has 3 aliphatic rings. The SMILES string of the molecule is COc1cc(F)ccc1CN1C[C@H]2C[C@@H](C1)[C@H](CNC(C)=O)N1C(=O)CCC[C@@H]21. The van der Waals surface area contributed by atoms with E-state index in [0.717, 1.165) is 37.9 Å². The van der Waals surface area contributed by atoms with Crippen LogP contribution in [0.4, 0.5) is 4.39 Å². The number of carbonyl (C=O) groups excluding carboxylic acids is 2. The van der Waals surface area contributed by atoms with Crippen LogP contribution in [0.5, 0.6) is 5.75 Å². The molecule has 158 valence electrons. The largest absolute Gasteiger partial charge is 0.496 e. The van der Waals surface area contributed by atoms with Crippen LogP contribution in [0.2, 0.25) is 0 Å². The van der Waals surface area contributed by atoms with E-state index in [-0.39, 0.29) is 29.7 Å². The molecule has 1 aromatic carbocycles. The molecule has 0 saturated carbocycles. The monoisotopic (exact) mass is 403 g/mol. The maximum Gasteiger partial charge on any atom is 0.223 e. The predicted molar refractivity (Wildman–Crippen MR) is 107 cm³/mol. The average molecular weight is 403 g/mol. The molecule has 3 aliphatic heterocycles. The smallest absolute Gasteiger partial charge is 0.223 e. The number of piperidine rings is 3. The first kappa shape index (κ1) is 20.1. The number of halogens is 1. The van der Waals surface area contributed by atoms with Crippen molar-refractivity contribution in [3.05, 3.63) is 29.6 Å². The number of hydrogen-bond donors (Lipinski definition) is 1. The Morgan fingerprint density at radius 3 is 2.86 bits per heavy atom. The number of amides is 2. The van der Waals surface area contributed by atoms with Crippen molar-refractivity contribution in [3.8, 4) is 5.75 Å². The molecule has 2 amide bonds. The van der Waals surface area contributed by atoms with E-state index in [0.29, 0.717) is 37.1 Å². The van der Waals surface area contributed by atoms with Crippen LogP contribution in [0.3, 0.4) is 0 Å². The summed E-state index contributed by atoms with van der Waals surface area (Å²) in [5, 5.41) is 2.95. The second-order valence-corrected chi connectivity index (χ2v) is 8.67. The number of carbonyl (C=O) groups is 2. The van der Waals surface area contributed by atoms with Gasteiger partial charge in [-0.2, -0.15) is 0 Å². The Morgan fingerprint density at radius 2 is 2.10 bits per heavy atom. The van der Waals surface area contributed by atoms with Crippen molar-refractivity contribution in [3.63, 3.8) is 0 Å². The van der Waals surface area contributed by atoms with Gasteiger partial charge in [-0.05, 0) is 37.2 Å².